The quantitative estimate of drug-likeness (QED) is 0.882. The van der Waals surface area contributed by atoms with Gasteiger partial charge in [-0.05, 0) is 13.0 Å². The molecule has 0 spiro atoms. The van der Waals surface area contributed by atoms with E-state index in [2.05, 4.69) is 30.8 Å². The first-order valence-electron chi connectivity index (χ1n) is 5.55. The van der Waals surface area contributed by atoms with Crippen LogP contribution in [0.15, 0.2) is 24.7 Å². The van der Waals surface area contributed by atoms with E-state index in [-0.39, 0.29) is 5.95 Å². The highest BCUT2D eigenvalue weighted by atomic mass is 35.5. The zero-order valence-electron chi connectivity index (χ0n) is 10.1. The number of rotatable bonds is 4. The normalized spacial score (nSPS) is 10.0. The van der Waals surface area contributed by atoms with Gasteiger partial charge in [0.1, 0.15) is 5.82 Å². The van der Waals surface area contributed by atoms with Crippen LogP contribution in [-0.4, -0.2) is 32.6 Å². The van der Waals surface area contributed by atoms with E-state index in [9.17, 15) is 4.79 Å². The highest BCUT2D eigenvalue weighted by molar-refractivity contribution is 6.33. The number of halogens is 1. The minimum Gasteiger partial charge on any atom is -0.369 e. The molecule has 7 nitrogen and oxygen atoms in total. The molecule has 2 aromatic heterocycles. The Balaban J connectivity index is 2.14. The Bertz CT molecular complexity index is 577. The monoisotopic (exact) mass is 278 g/mol. The van der Waals surface area contributed by atoms with Crippen LogP contribution in [0.2, 0.25) is 5.02 Å². The van der Waals surface area contributed by atoms with Crippen molar-refractivity contribution in [1.82, 2.24) is 20.2 Å². The predicted octanol–water partition coefficient (Wildman–Crippen LogP) is 1.60. The number of nitrogens with one attached hydrogen (secondary N) is 2. The molecule has 0 unspecified atom stereocenters. The lowest BCUT2D eigenvalue weighted by Gasteiger charge is -2.07. The Labute approximate surface area is 114 Å². The van der Waals surface area contributed by atoms with E-state index < -0.39 is 5.91 Å². The molecule has 0 atom stereocenters. The van der Waals surface area contributed by atoms with Crippen molar-refractivity contribution in [2.75, 3.05) is 17.2 Å². The van der Waals surface area contributed by atoms with Gasteiger partial charge in [0.05, 0.1) is 23.0 Å². The Morgan fingerprint density at radius 3 is 2.84 bits per heavy atom. The van der Waals surface area contributed by atoms with Crippen molar-refractivity contribution >= 4 is 29.3 Å². The largest absolute Gasteiger partial charge is 0.369 e. The molecule has 1 amide bonds. The van der Waals surface area contributed by atoms with Crippen LogP contribution >= 0.6 is 11.6 Å². The van der Waals surface area contributed by atoms with Gasteiger partial charge in [0.15, 0.2) is 0 Å². The molecule has 0 saturated heterocycles. The van der Waals surface area contributed by atoms with Gasteiger partial charge in [0.2, 0.25) is 5.95 Å². The topological polar surface area (TPSA) is 92.7 Å². The third-order valence-electron chi connectivity index (χ3n) is 2.16. The van der Waals surface area contributed by atoms with Crippen molar-refractivity contribution in [3.05, 3.63) is 35.2 Å². The van der Waals surface area contributed by atoms with Gasteiger partial charge >= 0.3 is 0 Å². The first-order valence-corrected chi connectivity index (χ1v) is 5.93. The molecule has 0 radical (unpaired) electrons. The standard InChI is InChI=1S/C11H11ClN6O/c1-2-13-9-8(12)5-7(6-15-9)10(19)17-11-14-3-4-16-18-11/h3-6H,2H2,1H3,(H,13,15)(H,14,17,18,19). The van der Waals surface area contributed by atoms with Gasteiger partial charge in [-0.15, -0.1) is 5.10 Å². The van der Waals surface area contributed by atoms with Gasteiger partial charge in [-0.25, -0.2) is 9.97 Å². The number of hydrogen-bond acceptors (Lipinski definition) is 6. The second kappa shape index (κ2) is 6.05. The average Bonchev–Trinajstić information content (AvgIpc) is 2.42. The van der Waals surface area contributed by atoms with E-state index in [1.54, 1.807) is 0 Å². The van der Waals surface area contributed by atoms with E-state index in [1.807, 2.05) is 6.92 Å². The Morgan fingerprint density at radius 2 is 2.21 bits per heavy atom. The lowest BCUT2D eigenvalue weighted by molar-refractivity contribution is 0.102. The molecule has 0 aromatic carbocycles. The SMILES string of the molecule is CCNc1ncc(C(=O)Nc2nccnn2)cc1Cl. The summed E-state index contributed by atoms with van der Waals surface area (Å²) in [4.78, 5) is 19.8. The van der Waals surface area contributed by atoms with Crippen molar-refractivity contribution in [2.45, 2.75) is 6.92 Å². The van der Waals surface area contributed by atoms with Crippen molar-refractivity contribution in [3.8, 4) is 0 Å². The third kappa shape index (κ3) is 3.35. The van der Waals surface area contributed by atoms with Crippen molar-refractivity contribution in [3.63, 3.8) is 0 Å². The predicted molar refractivity (Wildman–Crippen MR) is 71.2 cm³/mol. The molecule has 19 heavy (non-hydrogen) atoms. The van der Waals surface area contributed by atoms with Crippen LogP contribution in [-0.2, 0) is 0 Å². The summed E-state index contributed by atoms with van der Waals surface area (Å²) in [5.74, 6) is 0.267. The maximum Gasteiger partial charge on any atom is 0.259 e. The number of carbonyl (C=O) groups is 1. The van der Waals surface area contributed by atoms with Crippen LogP contribution in [0.5, 0.6) is 0 Å². The molecular weight excluding hydrogens is 268 g/mol. The fourth-order valence-electron chi connectivity index (χ4n) is 1.34. The number of amides is 1. The molecule has 2 N–H and O–H groups in total. The molecule has 0 aliphatic heterocycles. The van der Waals surface area contributed by atoms with E-state index in [1.165, 1.54) is 24.7 Å². The minimum absolute atomic E-state index is 0.124. The van der Waals surface area contributed by atoms with Crippen LogP contribution in [0.4, 0.5) is 11.8 Å². The molecule has 2 aromatic rings. The molecule has 8 heteroatoms. The van der Waals surface area contributed by atoms with E-state index >= 15 is 0 Å². The second-order valence-corrected chi connectivity index (χ2v) is 3.91. The summed E-state index contributed by atoms with van der Waals surface area (Å²) >= 11 is 6.01. The molecule has 0 bridgehead atoms. The van der Waals surface area contributed by atoms with Crippen LogP contribution in [0.25, 0.3) is 0 Å². The minimum atomic E-state index is -0.398. The third-order valence-corrected chi connectivity index (χ3v) is 2.44. The zero-order valence-corrected chi connectivity index (χ0v) is 10.8. The Hall–Kier alpha value is -2.28. The summed E-state index contributed by atoms with van der Waals surface area (Å²) in [5.41, 5.74) is 0.319. The number of hydrogen-bond donors (Lipinski definition) is 2. The fraction of sp³-hybridized carbons (Fsp3) is 0.182. The van der Waals surface area contributed by atoms with Crippen molar-refractivity contribution < 1.29 is 4.79 Å². The summed E-state index contributed by atoms with van der Waals surface area (Å²) in [5, 5.41) is 13.1. The number of aromatic nitrogens is 4. The van der Waals surface area contributed by atoms with Crippen LogP contribution in [0.1, 0.15) is 17.3 Å². The Kier molecular flexibility index (Phi) is 4.19. The molecule has 0 aliphatic rings. The maximum absolute atomic E-state index is 11.9. The first kappa shape index (κ1) is 13.2. The van der Waals surface area contributed by atoms with E-state index in [4.69, 9.17) is 11.6 Å². The van der Waals surface area contributed by atoms with Gasteiger partial charge in [-0.3, -0.25) is 10.1 Å². The van der Waals surface area contributed by atoms with Gasteiger partial charge in [0.25, 0.3) is 5.91 Å². The van der Waals surface area contributed by atoms with Gasteiger partial charge < -0.3 is 5.32 Å². The summed E-state index contributed by atoms with van der Waals surface area (Å²) in [7, 11) is 0. The van der Waals surface area contributed by atoms with Crippen LogP contribution in [0, 0.1) is 0 Å². The van der Waals surface area contributed by atoms with Gasteiger partial charge in [-0.2, -0.15) is 5.10 Å². The highest BCUT2D eigenvalue weighted by Gasteiger charge is 2.11. The van der Waals surface area contributed by atoms with Gasteiger partial charge in [-0.1, -0.05) is 11.6 Å². The Morgan fingerprint density at radius 1 is 1.37 bits per heavy atom. The maximum atomic E-state index is 11.9. The van der Waals surface area contributed by atoms with Crippen LogP contribution in [0.3, 0.4) is 0 Å². The van der Waals surface area contributed by atoms with E-state index in [0.29, 0.717) is 22.9 Å². The lowest BCUT2D eigenvalue weighted by atomic mass is 10.2. The summed E-state index contributed by atoms with van der Waals surface area (Å²) in [6.45, 7) is 2.63. The fourth-order valence-corrected chi connectivity index (χ4v) is 1.57. The van der Waals surface area contributed by atoms with Gasteiger partial charge in [0, 0.05) is 12.7 Å². The molecule has 0 aliphatic carbocycles. The molecule has 0 saturated carbocycles. The average molecular weight is 279 g/mol. The van der Waals surface area contributed by atoms with Crippen molar-refractivity contribution in [2.24, 2.45) is 0 Å². The summed E-state index contributed by atoms with van der Waals surface area (Å²) < 4.78 is 0. The number of anilines is 2. The zero-order chi connectivity index (χ0) is 13.7. The second-order valence-electron chi connectivity index (χ2n) is 3.51. The molecule has 98 valence electrons. The highest BCUT2D eigenvalue weighted by Crippen LogP contribution is 2.20. The van der Waals surface area contributed by atoms with Crippen molar-refractivity contribution in [1.29, 1.82) is 0 Å². The van der Waals surface area contributed by atoms with Crippen LogP contribution < -0.4 is 10.6 Å². The number of nitrogens with zero attached hydrogens (tertiary/aromatic N) is 4. The number of carbonyl (C=O) groups excluding carboxylic acids is 1. The molecule has 0 fully saturated rings. The first-order chi connectivity index (χ1) is 9.20. The summed E-state index contributed by atoms with van der Waals surface area (Å²) in [6.07, 6.45) is 4.27. The summed E-state index contributed by atoms with van der Waals surface area (Å²) in [6, 6.07) is 1.53. The molecular formula is C11H11ClN6O. The lowest BCUT2D eigenvalue weighted by Crippen LogP contribution is -2.15. The smallest absolute Gasteiger partial charge is 0.259 e. The van der Waals surface area contributed by atoms with E-state index in [0.717, 1.165) is 0 Å². The molecule has 2 rings (SSSR count). The number of pyridine rings is 1. The molecule has 2 heterocycles.